The average molecular weight is 177 g/mol. The summed E-state index contributed by atoms with van der Waals surface area (Å²) in [7, 11) is 0. The minimum Gasteiger partial charge on any atom is -0.458 e. The molecule has 0 saturated carbocycles. The van der Waals surface area contributed by atoms with Gasteiger partial charge in [0.1, 0.15) is 6.10 Å². The summed E-state index contributed by atoms with van der Waals surface area (Å²) in [4.78, 5) is 10.0. The lowest BCUT2D eigenvalue weighted by Crippen LogP contribution is -2.62. The van der Waals surface area contributed by atoms with Crippen molar-refractivity contribution >= 4 is 17.6 Å². The number of carbonyl (C=O) groups excluding carboxylic acids is 1. The summed E-state index contributed by atoms with van der Waals surface area (Å²) in [5.74, 6) is -0.306. The van der Waals surface area contributed by atoms with Gasteiger partial charge < -0.3 is 4.74 Å². The van der Waals surface area contributed by atoms with Gasteiger partial charge in [-0.1, -0.05) is 20.8 Å². The summed E-state index contributed by atoms with van der Waals surface area (Å²) in [6.07, 6.45) is -0.163. The second-order valence-electron chi connectivity index (χ2n) is 4.23. The molecule has 0 bridgehead atoms. The van der Waals surface area contributed by atoms with Gasteiger partial charge in [-0.2, -0.15) is 0 Å². The zero-order chi connectivity index (χ0) is 8.86. The second-order valence-corrected chi connectivity index (χ2v) is 5.01. The Morgan fingerprint density at radius 3 is 2.09 bits per heavy atom. The molecule has 0 spiro atoms. The van der Waals surface area contributed by atoms with Crippen LogP contribution in [0.5, 0.6) is 0 Å². The number of ether oxygens (including phenoxy) is 1. The predicted molar refractivity (Wildman–Crippen MR) is 43.6 cm³/mol. The number of halogens is 1. The van der Waals surface area contributed by atoms with Crippen molar-refractivity contribution in [1.29, 1.82) is 0 Å². The van der Waals surface area contributed by atoms with Crippen molar-refractivity contribution in [3.63, 3.8) is 0 Å². The predicted octanol–water partition coefficient (Wildman–Crippen LogP) is 1.96. The first kappa shape index (κ1) is 8.85. The van der Waals surface area contributed by atoms with Crippen molar-refractivity contribution in [3.8, 4) is 0 Å². The van der Waals surface area contributed by atoms with Gasteiger partial charge in [0.25, 0.3) is 0 Å². The molecule has 1 aliphatic rings. The van der Waals surface area contributed by atoms with Crippen LogP contribution in [-0.4, -0.2) is 16.9 Å². The number of alkyl halides is 1. The zero-order valence-electron chi connectivity index (χ0n) is 7.27. The Morgan fingerprint density at radius 2 is 2.00 bits per heavy atom. The molecule has 0 aromatic rings. The van der Waals surface area contributed by atoms with E-state index in [1.165, 1.54) is 0 Å². The molecule has 0 aromatic heterocycles. The van der Waals surface area contributed by atoms with E-state index >= 15 is 0 Å². The molecule has 11 heavy (non-hydrogen) atoms. The first-order valence-electron chi connectivity index (χ1n) is 3.66. The lowest BCUT2D eigenvalue weighted by atomic mass is 9.78. The van der Waals surface area contributed by atoms with E-state index in [4.69, 9.17) is 16.3 Å². The number of hydrogen-bond acceptors (Lipinski definition) is 2. The summed E-state index contributed by atoms with van der Waals surface area (Å²) < 4.78 is 4.95. The molecule has 0 aliphatic carbocycles. The van der Waals surface area contributed by atoms with Gasteiger partial charge in [-0.05, 0) is 6.92 Å². The van der Waals surface area contributed by atoms with Gasteiger partial charge in [0.05, 0.1) is 0 Å². The van der Waals surface area contributed by atoms with Crippen molar-refractivity contribution in [2.45, 2.75) is 38.7 Å². The van der Waals surface area contributed by atoms with Gasteiger partial charge >= 0.3 is 5.97 Å². The molecule has 2 nitrogen and oxygen atoms in total. The van der Waals surface area contributed by atoms with Crippen LogP contribution in [0.2, 0.25) is 0 Å². The highest BCUT2D eigenvalue weighted by molar-refractivity contribution is 6.36. The van der Waals surface area contributed by atoms with E-state index in [1.807, 2.05) is 20.8 Å². The van der Waals surface area contributed by atoms with Crippen LogP contribution in [0.1, 0.15) is 27.7 Å². The maximum absolute atomic E-state index is 10.9. The summed E-state index contributed by atoms with van der Waals surface area (Å²) in [6, 6.07) is 0. The molecule has 0 amide bonds. The van der Waals surface area contributed by atoms with Crippen LogP contribution in [-0.2, 0) is 9.53 Å². The lowest BCUT2D eigenvalue weighted by molar-refractivity contribution is -0.190. The first-order valence-corrected chi connectivity index (χ1v) is 4.04. The van der Waals surface area contributed by atoms with Crippen molar-refractivity contribution in [3.05, 3.63) is 0 Å². The molecule has 1 fully saturated rings. The van der Waals surface area contributed by atoms with Crippen LogP contribution in [0.4, 0.5) is 0 Å². The summed E-state index contributed by atoms with van der Waals surface area (Å²) in [5.41, 5.74) is -0.0651. The minimum atomic E-state index is -0.807. The van der Waals surface area contributed by atoms with Gasteiger partial charge in [-0.15, -0.1) is 11.6 Å². The highest BCUT2D eigenvalue weighted by atomic mass is 35.5. The van der Waals surface area contributed by atoms with Crippen LogP contribution < -0.4 is 0 Å². The molecule has 1 heterocycles. The standard InChI is InChI=1S/C8H13ClO2/c1-7(2,3)5-8(4,9)6(10)11-5/h5H,1-4H3/t5-,8+/m1/s1. The molecule has 0 radical (unpaired) electrons. The number of hydrogen-bond donors (Lipinski definition) is 0. The van der Waals surface area contributed by atoms with Gasteiger partial charge in [0, 0.05) is 5.41 Å². The highest BCUT2D eigenvalue weighted by Gasteiger charge is 2.58. The average Bonchev–Trinajstić information content (AvgIpc) is 1.80. The third-order valence-electron chi connectivity index (χ3n) is 1.90. The van der Waals surface area contributed by atoms with Crippen LogP contribution in [0.3, 0.4) is 0 Å². The SMILES string of the molecule is CC(C)(C)[C@H]1OC(=O)[C@@]1(C)Cl. The number of carbonyl (C=O) groups is 1. The van der Waals surface area contributed by atoms with Gasteiger partial charge in [-0.25, -0.2) is 4.79 Å². The van der Waals surface area contributed by atoms with Gasteiger partial charge in [0.15, 0.2) is 4.87 Å². The Kier molecular flexibility index (Phi) is 1.71. The molecule has 2 atom stereocenters. The molecule has 0 unspecified atom stereocenters. The summed E-state index contributed by atoms with van der Waals surface area (Å²) in [5, 5.41) is 0. The Hall–Kier alpha value is -0.240. The monoisotopic (exact) mass is 176 g/mol. The molecule has 0 aromatic carbocycles. The maximum atomic E-state index is 10.9. The molecule has 1 rings (SSSR count). The van der Waals surface area contributed by atoms with Crippen LogP contribution >= 0.6 is 11.6 Å². The van der Waals surface area contributed by atoms with E-state index in [0.29, 0.717) is 0 Å². The third-order valence-corrected chi connectivity index (χ3v) is 2.26. The number of cyclic esters (lactones) is 1. The molecular formula is C8H13ClO2. The highest BCUT2D eigenvalue weighted by Crippen LogP contribution is 2.43. The molecular weight excluding hydrogens is 164 g/mol. The first-order chi connectivity index (χ1) is 4.76. The smallest absolute Gasteiger partial charge is 0.331 e. The van der Waals surface area contributed by atoms with Crippen molar-refractivity contribution in [2.75, 3.05) is 0 Å². The van der Waals surface area contributed by atoms with Crippen molar-refractivity contribution < 1.29 is 9.53 Å². The molecule has 1 saturated heterocycles. The Bertz CT molecular complexity index is 191. The summed E-state index contributed by atoms with van der Waals surface area (Å²) in [6.45, 7) is 7.72. The number of rotatable bonds is 0. The fraction of sp³-hybridized carbons (Fsp3) is 0.875. The van der Waals surface area contributed by atoms with E-state index in [0.717, 1.165) is 0 Å². The normalized spacial score (nSPS) is 37.9. The van der Waals surface area contributed by atoms with E-state index in [9.17, 15) is 4.79 Å². The van der Waals surface area contributed by atoms with Crippen LogP contribution in [0.25, 0.3) is 0 Å². The van der Waals surface area contributed by atoms with Crippen molar-refractivity contribution in [1.82, 2.24) is 0 Å². The fourth-order valence-corrected chi connectivity index (χ4v) is 1.79. The second kappa shape index (κ2) is 2.13. The molecule has 3 heteroatoms. The van der Waals surface area contributed by atoms with Crippen LogP contribution in [0.15, 0.2) is 0 Å². The minimum absolute atomic E-state index is 0.0651. The van der Waals surface area contributed by atoms with Gasteiger partial charge in [-0.3, -0.25) is 0 Å². The quantitative estimate of drug-likeness (QED) is 0.417. The topological polar surface area (TPSA) is 26.3 Å². The molecule has 1 aliphatic heterocycles. The largest absolute Gasteiger partial charge is 0.458 e. The van der Waals surface area contributed by atoms with E-state index < -0.39 is 4.87 Å². The third kappa shape index (κ3) is 1.24. The lowest BCUT2D eigenvalue weighted by Gasteiger charge is -2.46. The maximum Gasteiger partial charge on any atom is 0.331 e. The fourth-order valence-electron chi connectivity index (χ4n) is 1.37. The van der Waals surface area contributed by atoms with Crippen molar-refractivity contribution in [2.24, 2.45) is 5.41 Å². The Balaban J connectivity index is 2.75. The Morgan fingerprint density at radius 1 is 1.55 bits per heavy atom. The molecule has 0 N–H and O–H groups in total. The summed E-state index contributed by atoms with van der Waals surface area (Å²) >= 11 is 5.93. The van der Waals surface area contributed by atoms with E-state index in [1.54, 1.807) is 6.92 Å². The van der Waals surface area contributed by atoms with Crippen LogP contribution in [0, 0.1) is 5.41 Å². The van der Waals surface area contributed by atoms with Gasteiger partial charge in [0.2, 0.25) is 0 Å². The zero-order valence-corrected chi connectivity index (χ0v) is 8.03. The van der Waals surface area contributed by atoms with E-state index in [2.05, 4.69) is 0 Å². The Labute approximate surface area is 71.9 Å². The number of esters is 1. The van der Waals surface area contributed by atoms with E-state index in [-0.39, 0.29) is 17.5 Å². The molecule has 64 valence electrons.